The van der Waals surface area contributed by atoms with Crippen LogP contribution < -0.4 is 25.3 Å². The normalized spacial score (nSPS) is 12.7. The smallest absolute Gasteiger partial charge is 0.387 e. The van der Waals surface area contributed by atoms with Crippen LogP contribution in [0.25, 0.3) is 0 Å². The highest BCUT2D eigenvalue weighted by atomic mass is 127. The first-order valence-corrected chi connectivity index (χ1v) is 7.52. The lowest BCUT2D eigenvalue weighted by Gasteiger charge is -2.11. The molecule has 0 atom stereocenters. The summed E-state index contributed by atoms with van der Waals surface area (Å²) in [6.07, 6.45) is 0. The van der Waals surface area contributed by atoms with Gasteiger partial charge in [-0.15, -0.1) is 24.0 Å². The van der Waals surface area contributed by atoms with Crippen LogP contribution in [-0.4, -0.2) is 19.4 Å². The van der Waals surface area contributed by atoms with Crippen LogP contribution in [0.5, 0.6) is 17.2 Å². The quantitative estimate of drug-likeness (QED) is 0.389. The molecule has 2 aromatic carbocycles. The standard InChI is InChI=1S/C17H17F2N3O3.HI/c1-10-2-4-12(5-3-10)22-17(20)21-8-11-6-14-15(24-9-23-14)7-13(11)25-16(18)19;/h2-7,16H,8-9H2,1H3,(H3,20,21,22);1H. The predicted octanol–water partition coefficient (Wildman–Crippen LogP) is 3.87. The van der Waals surface area contributed by atoms with Gasteiger partial charge in [0, 0.05) is 17.3 Å². The number of nitrogens with zero attached hydrogens (tertiary/aromatic N) is 1. The molecule has 9 heteroatoms. The number of benzene rings is 2. The van der Waals surface area contributed by atoms with E-state index in [2.05, 4.69) is 15.0 Å². The first kappa shape index (κ1) is 20.0. The van der Waals surface area contributed by atoms with Gasteiger partial charge >= 0.3 is 6.61 Å². The number of guanidine groups is 1. The second kappa shape index (κ2) is 8.88. The second-order valence-electron chi connectivity index (χ2n) is 5.38. The Kier molecular flexibility index (Phi) is 6.83. The van der Waals surface area contributed by atoms with Gasteiger partial charge in [0.1, 0.15) is 5.75 Å². The first-order valence-electron chi connectivity index (χ1n) is 7.52. The molecular formula is C17H18F2IN3O3. The zero-order valence-corrected chi connectivity index (χ0v) is 16.2. The lowest BCUT2D eigenvalue weighted by Crippen LogP contribution is -2.22. The number of aliphatic imine (C=N–C) groups is 1. The summed E-state index contributed by atoms with van der Waals surface area (Å²) in [5.41, 5.74) is 8.16. The van der Waals surface area contributed by atoms with Gasteiger partial charge in [0.15, 0.2) is 17.5 Å². The molecule has 0 aromatic heterocycles. The molecular weight excluding hydrogens is 459 g/mol. The van der Waals surface area contributed by atoms with Crippen LogP contribution in [0.3, 0.4) is 0 Å². The lowest BCUT2D eigenvalue weighted by atomic mass is 10.1. The fourth-order valence-electron chi connectivity index (χ4n) is 2.29. The van der Waals surface area contributed by atoms with Crippen molar-refractivity contribution >= 4 is 35.6 Å². The van der Waals surface area contributed by atoms with E-state index in [4.69, 9.17) is 15.2 Å². The summed E-state index contributed by atoms with van der Waals surface area (Å²) in [5.74, 6) is 0.946. The van der Waals surface area contributed by atoms with E-state index in [-0.39, 0.29) is 49.0 Å². The molecule has 1 heterocycles. The molecule has 3 N–H and O–H groups in total. The van der Waals surface area contributed by atoms with Gasteiger partial charge in [-0.1, -0.05) is 17.7 Å². The van der Waals surface area contributed by atoms with Crippen LogP contribution in [0.4, 0.5) is 14.5 Å². The minimum Gasteiger partial charge on any atom is -0.454 e. The van der Waals surface area contributed by atoms with Gasteiger partial charge in [-0.25, -0.2) is 4.99 Å². The molecule has 0 amide bonds. The van der Waals surface area contributed by atoms with Crippen molar-refractivity contribution in [2.75, 3.05) is 12.1 Å². The van der Waals surface area contributed by atoms with Crippen molar-refractivity contribution in [2.45, 2.75) is 20.1 Å². The van der Waals surface area contributed by atoms with E-state index < -0.39 is 6.61 Å². The number of nitrogens with one attached hydrogen (secondary N) is 1. The summed E-state index contributed by atoms with van der Waals surface area (Å²) in [5, 5.41) is 2.93. The average Bonchev–Trinajstić information content (AvgIpc) is 3.01. The van der Waals surface area contributed by atoms with E-state index in [1.54, 1.807) is 6.07 Å². The van der Waals surface area contributed by atoms with Gasteiger partial charge < -0.3 is 25.3 Å². The van der Waals surface area contributed by atoms with Gasteiger partial charge in [0.2, 0.25) is 6.79 Å². The Balaban J connectivity index is 0.00000243. The predicted molar refractivity (Wildman–Crippen MR) is 105 cm³/mol. The highest BCUT2D eigenvalue weighted by Crippen LogP contribution is 2.39. The Morgan fingerprint density at radius 1 is 1.23 bits per heavy atom. The van der Waals surface area contributed by atoms with Gasteiger partial charge in [-0.3, -0.25) is 0 Å². The molecule has 0 fully saturated rings. The van der Waals surface area contributed by atoms with E-state index in [0.29, 0.717) is 17.1 Å². The van der Waals surface area contributed by atoms with Crippen LogP contribution in [0.2, 0.25) is 0 Å². The average molecular weight is 477 g/mol. The van der Waals surface area contributed by atoms with Crippen molar-refractivity contribution in [1.82, 2.24) is 0 Å². The zero-order valence-electron chi connectivity index (χ0n) is 13.9. The van der Waals surface area contributed by atoms with Crippen molar-refractivity contribution in [3.05, 3.63) is 47.5 Å². The maximum atomic E-state index is 12.6. The number of hydrogen-bond donors (Lipinski definition) is 2. The number of alkyl halides is 2. The maximum absolute atomic E-state index is 12.6. The van der Waals surface area contributed by atoms with Gasteiger partial charge in [0.05, 0.1) is 6.54 Å². The van der Waals surface area contributed by atoms with Crippen LogP contribution >= 0.6 is 24.0 Å². The Bertz CT molecular complexity index is 786. The molecule has 2 aromatic rings. The van der Waals surface area contributed by atoms with Crippen molar-refractivity contribution < 1.29 is 23.0 Å². The molecule has 140 valence electrons. The third kappa shape index (κ3) is 5.10. The second-order valence-corrected chi connectivity index (χ2v) is 5.38. The van der Waals surface area contributed by atoms with Crippen molar-refractivity contribution in [2.24, 2.45) is 10.7 Å². The highest BCUT2D eigenvalue weighted by molar-refractivity contribution is 14.0. The van der Waals surface area contributed by atoms with E-state index in [1.807, 2.05) is 31.2 Å². The summed E-state index contributed by atoms with van der Waals surface area (Å²) >= 11 is 0. The Morgan fingerprint density at radius 3 is 2.54 bits per heavy atom. The summed E-state index contributed by atoms with van der Waals surface area (Å²) in [6, 6.07) is 10.5. The number of nitrogens with two attached hydrogens (primary N) is 1. The van der Waals surface area contributed by atoms with Crippen LogP contribution in [0.15, 0.2) is 41.4 Å². The number of fused-ring (bicyclic) bond motifs is 1. The fourth-order valence-corrected chi connectivity index (χ4v) is 2.29. The third-order valence-corrected chi connectivity index (χ3v) is 3.52. The number of anilines is 1. The summed E-state index contributed by atoms with van der Waals surface area (Å²) in [4.78, 5) is 4.17. The number of ether oxygens (including phenoxy) is 3. The van der Waals surface area contributed by atoms with Crippen molar-refractivity contribution in [1.29, 1.82) is 0 Å². The van der Waals surface area contributed by atoms with Gasteiger partial charge in [-0.05, 0) is 25.1 Å². The Hall–Kier alpha value is -2.30. The number of halogens is 3. The summed E-state index contributed by atoms with van der Waals surface area (Å²) in [7, 11) is 0. The molecule has 0 radical (unpaired) electrons. The van der Waals surface area contributed by atoms with Crippen LogP contribution in [0, 0.1) is 6.92 Å². The summed E-state index contributed by atoms with van der Waals surface area (Å²) in [6.45, 7) is -0.895. The van der Waals surface area contributed by atoms with Gasteiger partial charge in [0.25, 0.3) is 0 Å². The number of rotatable bonds is 5. The molecule has 1 aliphatic rings. The monoisotopic (exact) mass is 477 g/mol. The first-order chi connectivity index (χ1) is 12.0. The summed E-state index contributed by atoms with van der Waals surface area (Å²) < 4.78 is 40.2. The van der Waals surface area contributed by atoms with Crippen molar-refractivity contribution in [3.8, 4) is 17.2 Å². The molecule has 0 aliphatic carbocycles. The number of hydrogen-bond acceptors (Lipinski definition) is 4. The highest BCUT2D eigenvalue weighted by Gasteiger charge is 2.19. The fraction of sp³-hybridized carbons (Fsp3) is 0.235. The molecule has 26 heavy (non-hydrogen) atoms. The molecule has 0 spiro atoms. The van der Waals surface area contributed by atoms with Crippen LogP contribution in [-0.2, 0) is 6.54 Å². The van der Waals surface area contributed by atoms with E-state index in [1.165, 1.54) is 6.07 Å². The minimum absolute atomic E-state index is 0. The lowest BCUT2D eigenvalue weighted by molar-refractivity contribution is -0.0504. The molecule has 3 rings (SSSR count). The Labute approximate surface area is 166 Å². The topological polar surface area (TPSA) is 78.1 Å². The van der Waals surface area contributed by atoms with Gasteiger partial charge in [-0.2, -0.15) is 8.78 Å². The van der Waals surface area contributed by atoms with E-state index in [9.17, 15) is 8.78 Å². The largest absolute Gasteiger partial charge is 0.454 e. The van der Waals surface area contributed by atoms with E-state index >= 15 is 0 Å². The maximum Gasteiger partial charge on any atom is 0.387 e. The van der Waals surface area contributed by atoms with E-state index in [0.717, 1.165) is 11.3 Å². The molecule has 0 saturated carbocycles. The molecule has 0 unspecified atom stereocenters. The minimum atomic E-state index is -2.95. The third-order valence-electron chi connectivity index (χ3n) is 3.52. The van der Waals surface area contributed by atoms with Crippen molar-refractivity contribution in [3.63, 3.8) is 0 Å². The van der Waals surface area contributed by atoms with Crippen LogP contribution in [0.1, 0.15) is 11.1 Å². The molecule has 1 aliphatic heterocycles. The number of aryl methyl sites for hydroxylation is 1. The molecule has 6 nitrogen and oxygen atoms in total. The Morgan fingerprint density at radius 2 is 1.88 bits per heavy atom. The molecule has 0 bridgehead atoms. The zero-order chi connectivity index (χ0) is 17.8. The molecule has 0 saturated heterocycles. The SMILES string of the molecule is Cc1ccc(NC(N)=NCc2cc3c(cc2OC(F)F)OCO3)cc1.I.